The van der Waals surface area contributed by atoms with Gasteiger partial charge in [-0.25, -0.2) is 0 Å². The number of fused-ring (bicyclic) bond motifs is 3. The maximum atomic E-state index is 3.85. The lowest BCUT2D eigenvalue weighted by atomic mass is 9.81. The molecule has 3 nitrogen and oxygen atoms in total. The summed E-state index contributed by atoms with van der Waals surface area (Å²) < 4.78 is 0. The largest absolute Gasteiger partial charge is 0.309 e. The Bertz CT molecular complexity index is 303. The van der Waals surface area contributed by atoms with Crippen molar-refractivity contribution in [3.05, 3.63) is 0 Å². The van der Waals surface area contributed by atoms with E-state index in [1.54, 1.807) is 0 Å². The molecule has 1 aliphatic carbocycles. The van der Waals surface area contributed by atoms with Gasteiger partial charge in [-0.3, -0.25) is 4.90 Å². The van der Waals surface area contributed by atoms with E-state index in [1.807, 2.05) is 0 Å². The topological polar surface area (TPSA) is 18.5 Å². The Balaban J connectivity index is 1.47. The molecule has 1 spiro atoms. The highest BCUT2D eigenvalue weighted by atomic mass is 15.3. The number of nitrogens with one attached hydrogen (secondary N) is 1. The molecule has 5 rings (SSSR count). The van der Waals surface area contributed by atoms with Crippen molar-refractivity contribution in [2.24, 2.45) is 5.92 Å². The van der Waals surface area contributed by atoms with Crippen molar-refractivity contribution < 1.29 is 0 Å². The Morgan fingerprint density at radius 2 is 1.78 bits per heavy atom. The Hall–Kier alpha value is -0.120. The van der Waals surface area contributed by atoms with E-state index in [2.05, 4.69) is 15.1 Å². The summed E-state index contributed by atoms with van der Waals surface area (Å²) in [7, 11) is 0. The van der Waals surface area contributed by atoms with E-state index in [0.717, 1.165) is 12.0 Å². The zero-order valence-electron chi connectivity index (χ0n) is 11.5. The first-order valence-corrected chi connectivity index (χ1v) is 8.06. The summed E-state index contributed by atoms with van der Waals surface area (Å²) in [5.41, 5.74) is 0.504. The molecule has 5 fully saturated rings. The first-order chi connectivity index (χ1) is 8.85. The number of piperazine rings is 1. The molecule has 4 aliphatic heterocycles. The molecule has 0 aromatic rings. The van der Waals surface area contributed by atoms with Crippen LogP contribution in [0.3, 0.4) is 0 Å². The maximum Gasteiger partial charge on any atom is 0.0309 e. The summed E-state index contributed by atoms with van der Waals surface area (Å²) in [5, 5.41) is 3.85. The molecule has 4 saturated heterocycles. The quantitative estimate of drug-likeness (QED) is 0.756. The second-order valence-corrected chi connectivity index (χ2v) is 7.09. The third-order valence-electron chi connectivity index (χ3n) is 6.06. The molecule has 18 heavy (non-hydrogen) atoms. The third-order valence-corrected chi connectivity index (χ3v) is 6.06. The van der Waals surface area contributed by atoms with Gasteiger partial charge in [0.15, 0.2) is 0 Å². The van der Waals surface area contributed by atoms with Crippen LogP contribution in [0.1, 0.15) is 38.5 Å². The summed E-state index contributed by atoms with van der Waals surface area (Å²) in [6.45, 7) is 7.96. The number of nitrogens with zero attached hydrogens (tertiary/aromatic N) is 2. The van der Waals surface area contributed by atoms with Gasteiger partial charge in [-0.05, 0) is 44.7 Å². The van der Waals surface area contributed by atoms with Crippen LogP contribution in [-0.4, -0.2) is 60.6 Å². The van der Waals surface area contributed by atoms with Crippen molar-refractivity contribution >= 4 is 0 Å². The summed E-state index contributed by atoms with van der Waals surface area (Å²) in [5.74, 6) is 1.01. The van der Waals surface area contributed by atoms with Crippen LogP contribution >= 0.6 is 0 Å². The van der Waals surface area contributed by atoms with Crippen LogP contribution in [0, 0.1) is 5.92 Å². The number of hydrogen-bond acceptors (Lipinski definition) is 3. The fraction of sp³-hybridized carbons (Fsp3) is 1.00. The van der Waals surface area contributed by atoms with Gasteiger partial charge in [0, 0.05) is 37.8 Å². The van der Waals surface area contributed by atoms with Crippen LogP contribution in [0.25, 0.3) is 0 Å². The minimum Gasteiger partial charge on any atom is -0.309 e. The molecule has 0 amide bonds. The van der Waals surface area contributed by atoms with Gasteiger partial charge >= 0.3 is 0 Å². The van der Waals surface area contributed by atoms with Crippen molar-refractivity contribution in [1.82, 2.24) is 15.1 Å². The standard InChI is InChI=1S/C15H27N3/c1-2-6-15(5-1)12-18(10-7-16-15)14-11-17-8-3-13(14)4-9-17/h13-14,16H,1-12H2. The lowest BCUT2D eigenvalue weighted by molar-refractivity contribution is -0.0187. The molecule has 102 valence electrons. The van der Waals surface area contributed by atoms with E-state index >= 15 is 0 Å². The predicted octanol–water partition coefficient (Wildman–Crippen LogP) is 1.30. The molecule has 0 aromatic carbocycles. The van der Waals surface area contributed by atoms with E-state index < -0.39 is 0 Å². The number of rotatable bonds is 1. The van der Waals surface area contributed by atoms with E-state index in [9.17, 15) is 0 Å². The molecular formula is C15H27N3. The minimum atomic E-state index is 0.504. The first-order valence-electron chi connectivity index (χ1n) is 8.06. The van der Waals surface area contributed by atoms with Gasteiger partial charge in [-0.15, -0.1) is 0 Å². The van der Waals surface area contributed by atoms with Crippen LogP contribution in [0.4, 0.5) is 0 Å². The number of piperidine rings is 3. The van der Waals surface area contributed by atoms with Crippen molar-refractivity contribution in [3.63, 3.8) is 0 Å². The summed E-state index contributed by atoms with van der Waals surface area (Å²) in [4.78, 5) is 5.56. The molecule has 1 N–H and O–H groups in total. The zero-order chi connectivity index (χ0) is 12.0. The Kier molecular flexibility index (Phi) is 2.90. The fourth-order valence-corrected chi connectivity index (χ4v) is 5.01. The third kappa shape index (κ3) is 1.91. The Labute approximate surface area is 111 Å². The summed E-state index contributed by atoms with van der Waals surface area (Å²) in [6, 6.07) is 0.882. The van der Waals surface area contributed by atoms with Gasteiger partial charge in [-0.2, -0.15) is 0 Å². The molecule has 1 atom stereocenters. The van der Waals surface area contributed by atoms with E-state index in [4.69, 9.17) is 0 Å². The second-order valence-electron chi connectivity index (χ2n) is 7.09. The smallest absolute Gasteiger partial charge is 0.0309 e. The summed E-state index contributed by atoms with van der Waals surface area (Å²) >= 11 is 0. The molecular weight excluding hydrogens is 222 g/mol. The second kappa shape index (κ2) is 4.46. The van der Waals surface area contributed by atoms with Gasteiger partial charge in [-0.1, -0.05) is 12.8 Å². The average molecular weight is 249 g/mol. The van der Waals surface area contributed by atoms with E-state index in [1.165, 1.54) is 77.8 Å². The number of hydrogen-bond donors (Lipinski definition) is 1. The highest BCUT2D eigenvalue weighted by Gasteiger charge is 2.43. The fourth-order valence-electron chi connectivity index (χ4n) is 5.01. The Morgan fingerprint density at radius 3 is 2.44 bits per heavy atom. The predicted molar refractivity (Wildman–Crippen MR) is 73.7 cm³/mol. The normalized spacial score (nSPS) is 43.7. The van der Waals surface area contributed by atoms with Gasteiger partial charge in [0.25, 0.3) is 0 Å². The molecule has 3 heteroatoms. The molecule has 4 heterocycles. The zero-order valence-corrected chi connectivity index (χ0v) is 11.5. The molecule has 5 aliphatic rings. The average Bonchev–Trinajstić information content (AvgIpc) is 2.88. The van der Waals surface area contributed by atoms with Gasteiger partial charge in [0.1, 0.15) is 0 Å². The first kappa shape index (κ1) is 11.7. The molecule has 2 bridgehead atoms. The molecule has 0 radical (unpaired) electrons. The van der Waals surface area contributed by atoms with Crippen LogP contribution < -0.4 is 5.32 Å². The van der Waals surface area contributed by atoms with Gasteiger partial charge in [0.2, 0.25) is 0 Å². The van der Waals surface area contributed by atoms with Crippen LogP contribution in [0.5, 0.6) is 0 Å². The van der Waals surface area contributed by atoms with Crippen LogP contribution in [-0.2, 0) is 0 Å². The van der Waals surface area contributed by atoms with E-state index in [-0.39, 0.29) is 0 Å². The van der Waals surface area contributed by atoms with Crippen molar-refractivity contribution in [1.29, 1.82) is 0 Å². The highest BCUT2D eigenvalue weighted by molar-refractivity contribution is 5.02. The van der Waals surface area contributed by atoms with Gasteiger partial charge in [0.05, 0.1) is 0 Å². The molecule has 1 unspecified atom stereocenters. The lowest BCUT2D eigenvalue weighted by Gasteiger charge is -2.53. The highest BCUT2D eigenvalue weighted by Crippen LogP contribution is 2.36. The van der Waals surface area contributed by atoms with Crippen molar-refractivity contribution in [3.8, 4) is 0 Å². The van der Waals surface area contributed by atoms with Crippen LogP contribution in [0.15, 0.2) is 0 Å². The Morgan fingerprint density at radius 1 is 1.00 bits per heavy atom. The van der Waals surface area contributed by atoms with E-state index in [0.29, 0.717) is 5.54 Å². The lowest BCUT2D eigenvalue weighted by Crippen LogP contribution is -2.66. The summed E-state index contributed by atoms with van der Waals surface area (Å²) in [6.07, 6.45) is 8.65. The van der Waals surface area contributed by atoms with Crippen LogP contribution in [0.2, 0.25) is 0 Å². The monoisotopic (exact) mass is 249 g/mol. The maximum absolute atomic E-state index is 3.85. The minimum absolute atomic E-state index is 0.504. The van der Waals surface area contributed by atoms with Crippen molar-refractivity contribution in [2.45, 2.75) is 50.1 Å². The van der Waals surface area contributed by atoms with Gasteiger partial charge < -0.3 is 10.2 Å². The SMILES string of the molecule is C1CCC2(C1)CN(C1CN3CCC1CC3)CCN2. The van der Waals surface area contributed by atoms with Crippen molar-refractivity contribution in [2.75, 3.05) is 39.3 Å². The molecule has 0 aromatic heterocycles. The molecule has 1 saturated carbocycles.